The molecule has 0 bridgehead atoms. The SMILES string of the molecule is C.O=c1[nH]sc2cc3ccccn3c(=O)c12.[B]. The molecule has 0 aromatic carbocycles. The van der Waals surface area contributed by atoms with Gasteiger partial charge >= 0.3 is 0 Å². The van der Waals surface area contributed by atoms with E-state index in [1.165, 1.54) is 15.9 Å². The summed E-state index contributed by atoms with van der Waals surface area (Å²) in [6, 6.07) is 7.29. The lowest BCUT2D eigenvalue weighted by atomic mass is 10.3. The van der Waals surface area contributed by atoms with Gasteiger partial charge < -0.3 is 0 Å². The lowest BCUT2D eigenvalue weighted by Crippen LogP contribution is -2.17. The third-order valence-corrected chi connectivity index (χ3v) is 3.16. The minimum absolute atomic E-state index is 0. The maximum atomic E-state index is 11.9. The summed E-state index contributed by atoms with van der Waals surface area (Å²) in [6.07, 6.45) is 1.66. The van der Waals surface area contributed by atoms with Gasteiger partial charge in [-0.15, -0.1) is 0 Å². The topological polar surface area (TPSA) is 54.3 Å². The van der Waals surface area contributed by atoms with E-state index in [2.05, 4.69) is 4.37 Å². The molecule has 3 rings (SSSR count). The standard InChI is InChI=1S/C10H6N2O2S.CH4.B/c13-9-8-7(15-11-9)5-6-3-1-2-4-12(6)10(8)14;;/h1-5H,(H,11,13);1H4;. The van der Waals surface area contributed by atoms with E-state index in [-0.39, 0.29) is 32.3 Å². The van der Waals surface area contributed by atoms with Crippen molar-refractivity contribution in [3.63, 3.8) is 0 Å². The van der Waals surface area contributed by atoms with Gasteiger partial charge in [0.25, 0.3) is 11.1 Å². The van der Waals surface area contributed by atoms with E-state index < -0.39 is 0 Å². The summed E-state index contributed by atoms with van der Waals surface area (Å²) in [5.41, 5.74) is 0.231. The highest BCUT2D eigenvalue weighted by Crippen LogP contribution is 2.12. The van der Waals surface area contributed by atoms with Crippen LogP contribution in [0.25, 0.3) is 15.6 Å². The lowest BCUT2D eigenvalue weighted by molar-refractivity contribution is 1.12. The average Bonchev–Trinajstić information content (AvgIpc) is 2.61. The fourth-order valence-electron chi connectivity index (χ4n) is 1.63. The van der Waals surface area contributed by atoms with E-state index in [1.807, 2.05) is 18.2 Å². The second-order valence-electron chi connectivity index (χ2n) is 3.22. The van der Waals surface area contributed by atoms with Crippen molar-refractivity contribution in [2.24, 2.45) is 0 Å². The van der Waals surface area contributed by atoms with Crippen LogP contribution in [0.4, 0.5) is 0 Å². The summed E-state index contributed by atoms with van der Waals surface area (Å²) >= 11 is 1.19. The van der Waals surface area contributed by atoms with E-state index in [4.69, 9.17) is 0 Å². The zero-order valence-electron chi connectivity index (χ0n) is 8.14. The molecule has 3 radical (unpaired) electrons. The molecule has 3 aromatic heterocycles. The van der Waals surface area contributed by atoms with Crippen molar-refractivity contribution in [1.82, 2.24) is 8.77 Å². The molecule has 3 aromatic rings. The highest BCUT2D eigenvalue weighted by atomic mass is 32.1. The van der Waals surface area contributed by atoms with Crippen molar-refractivity contribution in [2.75, 3.05) is 0 Å². The van der Waals surface area contributed by atoms with Crippen LogP contribution in [0.3, 0.4) is 0 Å². The van der Waals surface area contributed by atoms with Gasteiger partial charge in [0, 0.05) is 14.6 Å². The first-order chi connectivity index (χ1) is 7.27. The predicted molar refractivity (Wildman–Crippen MR) is 72.2 cm³/mol. The van der Waals surface area contributed by atoms with Gasteiger partial charge in [0.15, 0.2) is 0 Å². The average molecular weight is 245 g/mol. The van der Waals surface area contributed by atoms with Gasteiger partial charge in [-0.3, -0.25) is 18.4 Å². The molecule has 1 N–H and O–H groups in total. The van der Waals surface area contributed by atoms with Gasteiger partial charge in [0.1, 0.15) is 5.39 Å². The molecule has 4 nitrogen and oxygen atoms in total. The number of nitrogens with zero attached hydrogens (tertiary/aromatic N) is 1. The van der Waals surface area contributed by atoms with Crippen LogP contribution in [0.1, 0.15) is 7.43 Å². The summed E-state index contributed by atoms with van der Waals surface area (Å²) in [5, 5.41) is 0.240. The maximum absolute atomic E-state index is 11.9. The first-order valence-electron chi connectivity index (χ1n) is 4.39. The number of rotatable bonds is 0. The zero-order valence-corrected chi connectivity index (χ0v) is 8.95. The Labute approximate surface area is 103 Å². The van der Waals surface area contributed by atoms with Crippen LogP contribution in [-0.2, 0) is 0 Å². The molecule has 0 atom stereocenters. The van der Waals surface area contributed by atoms with Crippen molar-refractivity contribution in [3.05, 3.63) is 51.2 Å². The Balaban J connectivity index is 0.000000722. The molecule has 6 heteroatoms. The summed E-state index contributed by atoms with van der Waals surface area (Å²) in [5.74, 6) is 0. The summed E-state index contributed by atoms with van der Waals surface area (Å²) in [6.45, 7) is 0. The number of hydrogen-bond acceptors (Lipinski definition) is 3. The third kappa shape index (κ3) is 1.80. The molecule has 0 unspecified atom stereocenters. The predicted octanol–water partition coefficient (Wildman–Crippen LogP) is 1.46. The number of nitrogens with one attached hydrogen (secondary N) is 1. The van der Waals surface area contributed by atoms with Gasteiger partial charge in [-0.25, -0.2) is 0 Å². The van der Waals surface area contributed by atoms with Crippen molar-refractivity contribution in [3.8, 4) is 0 Å². The Hall–Kier alpha value is -1.82. The van der Waals surface area contributed by atoms with Gasteiger partial charge in [-0.05, 0) is 18.2 Å². The lowest BCUT2D eigenvalue weighted by Gasteiger charge is -1.98. The Bertz CT molecular complexity index is 772. The molecule has 0 spiro atoms. The number of fused-ring (bicyclic) bond motifs is 2. The summed E-state index contributed by atoms with van der Waals surface area (Å²) < 4.78 is 4.75. The van der Waals surface area contributed by atoms with Crippen LogP contribution in [-0.4, -0.2) is 17.2 Å². The quantitative estimate of drug-likeness (QED) is 0.609. The van der Waals surface area contributed by atoms with Crippen LogP contribution in [0, 0.1) is 0 Å². The van der Waals surface area contributed by atoms with E-state index in [9.17, 15) is 9.59 Å². The van der Waals surface area contributed by atoms with E-state index in [1.54, 1.807) is 12.3 Å². The van der Waals surface area contributed by atoms with E-state index in [0.717, 1.165) is 5.52 Å². The van der Waals surface area contributed by atoms with Crippen molar-refractivity contribution in [1.29, 1.82) is 0 Å². The highest BCUT2D eigenvalue weighted by molar-refractivity contribution is 7.13. The van der Waals surface area contributed by atoms with Crippen molar-refractivity contribution < 1.29 is 0 Å². The van der Waals surface area contributed by atoms with Crippen LogP contribution in [0.2, 0.25) is 0 Å². The molecule has 85 valence electrons. The zero-order chi connectivity index (χ0) is 10.4. The second kappa shape index (κ2) is 4.59. The van der Waals surface area contributed by atoms with Crippen LogP contribution >= 0.6 is 11.5 Å². The Kier molecular flexibility index (Phi) is 3.58. The summed E-state index contributed by atoms with van der Waals surface area (Å²) in [4.78, 5) is 23.3. The first kappa shape index (κ1) is 13.3. The normalized spacial score (nSPS) is 9.88. The molecule has 0 saturated heterocycles. The molecule has 0 aliphatic carbocycles. The van der Waals surface area contributed by atoms with Gasteiger partial charge in [-0.1, -0.05) is 25.0 Å². The smallest absolute Gasteiger partial charge is 0.271 e. The molecule has 0 aliphatic rings. The number of hydrogen-bond donors (Lipinski definition) is 1. The Morgan fingerprint density at radius 2 is 2.00 bits per heavy atom. The van der Waals surface area contributed by atoms with Crippen LogP contribution in [0.5, 0.6) is 0 Å². The number of H-pyrrole nitrogens is 1. The van der Waals surface area contributed by atoms with Gasteiger partial charge in [0.2, 0.25) is 0 Å². The fraction of sp³-hybridized carbons (Fsp3) is 0.0909. The van der Waals surface area contributed by atoms with Crippen molar-refractivity contribution >= 4 is 35.5 Å². The molecule has 3 heterocycles. The molecule has 0 saturated carbocycles. The molecule has 0 aliphatic heterocycles. The second-order valence-corrected chi connectivity index (χ2v) is 4.07. The maximum Gasteiger partial charge on any atom is 0.271 e. The molecular weight excluding hydrogens is 235 g/mol. The molecule has 0 amide bonds. The van der Waals surface area contributed by atoms with E-state index >= 15 is 0 Å². The minimum atomic E-state index is -0.307. The van der Waals surface area contributed by atoms with Crippen molar-refractivity contribution in [2.45, 2.75) is 7.43 Å². The minimum Gasteiger partial charge on any atom is -0.284 e. The largest absolute Gasteiger partial charge is 0.284 e. The highest BCUT2D eigenvalue weighted by Gasteiger charge is 2.08. The Morgan fingerprint density at radius 3 is 2.76 bits per heavy atom. The van der Waals surface area contributed by atoms with Gasteiger partial charge in [0.05, 0.1) is 10.2 Å². The monoisotopic (exact) mass is 245 g/mol. The summed E-state index contributed by atoms with van der Waals surface area (Å²) in [7, 11) is 0. The van der Waals surface area contributed by atoms with Gasteiger partial charge in [-0.2, -0.15) is 0 Å². The molecule has 17 heavy (non-hydrogen) atoms. The molecule has 0 fully saturated rings. The van der Waals surface area contributed by atoms with Crippen LogP contribution in [0.15, 0.2) is 40.1 Å². The first-order valence-corrected chi connectivity index (χ1v) is 5.20. The van der Waals surface area contributed by atoms with E-state index in [0.29, 0.717) is 4.70 Å². The van der Waals surface area contributed by atoms with Crippen LogP contribution < -0.4 is 11.1 Å². The Morgan fingerprint density at radius 1 is 1.24 bits per heavy atom. The number of aromatic amines is 1. The number of pyridine rings is 2. The number of aromatic nitrogens is 2. The third-order valence-electron chi connectivity index (χ3n) is 2.33. The molecular formula is C11H10BN2O2S. The fourth-order valence-corrected chi connectivity index (χ4v) is 2.40.